The van der Waals surface area contributed by atoms with Crippen molar-refractivity contribution in [3.05, 3.63) is 91.0 Å². The van der Waals surface area contributed by atoms with E-state index in [-0.39, 0.29) is 0 Å². The topological polar surface area (TPSA) is 97.7 Å². The third kappa shape index (κ3) is 35.7. The molecule has 7 aromatic rings. The average molecular weight is 1470 g/mol. The Morgan fingerprint density at radius 1 is 0.226 bits per heavy atom. The van der Waals surface area contributed by atoms with Gasteiger partial charge in [-0.2, -0.15) is 0 Å². The zero-order chi connectivity index (χ0) is 74.2. The minimum Gasteiger partial charge on any atom is -0.494 e. The lowest BCUT2D eigenvalue weighted by Crippen LogP contribution is -2.04. The lowest BCUT2D eigenvalue weighted by Gasteiger charge is -2.17. The number of benzene rings is 5. The van der Waals surface area contributed by atoms with E-state index in [9.17, 15) is 0 Å². The van der Waals surface area contributed by atoms with Crippen LogP contribution in [-0.2, 0) is 0 Å². The molecule has 0 aliphatic carbocycles. The van der Waals surface area contributed by atoms with Crippen LogP contribution < -0.4 is 23.7 Å². The Balaban J connectivity index is 1.10. The van der Waals surface area contributed by atoms with Crippen LogP contribution in [0.2, 0.25) is 0 Å². The predicted molar refractivity (Wildman–Crippen MR) is 457 cm³/mol. The Bertz CT molecular complexity index is 3340. The molecule has 0 unspecified atom stereocenters. The third-order valence-corrected chi connectivity index (χ3v) is 22.6. The second-order valence-corrected chi connectivity index (χ2v) is 32.1. The monoisotopic (exact) mass is 1470 g/mol. The van der Waals surface area contributed by atoms with E-state index in [0.717, 1.165) is 146 Å². The van der Waals surface area contributed by atoms with Crippen LogP contribution in [0.15, 0.2) is 91.0 Å². The molecule has 0 aliphatic rings. The number of fused-ring (bicyclic) bond motifs is 2. The molecule has 0 fully saturated rings. The van der Waals surface area contributed by atoms with Gasteiger partial charge in [0, 0.05) is 22.3 Å². The van der Waals surface area contributed by atoms with Gasteiger partial charge >= 0.3 is 0 Å². The normalized spacial score (nSPS) is 11.6. The van der Waals surface area contributed by atoms with Crippen LogP contribution in [0.3, 0.4) is 0 Å². The molecular weight excluding hydrogens is 1320 g/mol. The Morgan fingerprint density at radius 3 is 0.858 bits per heavy atom. The van der Waals surface area contributed by atoms with Gasteiger partial charge in [0.1, 0.15) is 15.8 Å². The Kier molecular flexibility index (Phi) is 47.3. The first kappa shape index (κ1) is 87.5. The lowest BCUT2D eigenvalue weighted by molar-refractivity contribution is 0.258. The molecule has 2 heterocycles. The minimum absolute atomic E-state index is 0.632. The molecule has 0 saturated carbocycles. The molecule has 0 amide bonds. The van der Waals surface area contributed by atoms with Crippen molar-refractivity contribution in [2.45, 2.75) is 381 Å². The molecule has 7 rings (SSSR count). The van der Waals surface area contributed by atoms with Crippen LogP contribution in [0, 0.1) is 0 Å². The Morgan fingerprint density at radius 2 is 0.500 bits per heavy atom. The van der Waals surface area contributed by atoms with Gasteiger partial charge < -0.3 is 23.7 Å². The summed E-state index contributed by atoms with van der Waals surface area (Å²) in [5, 5.41) is 13.7. The number of ether oxygens (including phenoxy) is 5. The summed E-state index contributed by atoms with van der Waals surface area (Å²) in [4.78, 5) is 11.2. The smallest absolute Gasteiger partial charge is 0.161 e. The SMILES string of the molecule is CCCCCCCCCCCCCCCCOc1ccc2cc(-c3nnc(-c4ccc5nc(-c6ccc(OCCCCCCCCCCCC)c(OCCCCCCCCCCCC)c6)c(-c6ccc(OCCCCCCCCCCCC)c(OCCCCCCCCCCCC)c6)nc5c4)s3)ccc2c1. The molecule has 0 aliphatic heterocycles. The van der Waals surface area contributed by atoms with E-state index in [2.05, 4.69) is 126 Å². The van der Waals surface area contributed by atoms with E-state index in [1.54, 1.807) is 11.3 Å². The third-order valence-electron chi connectivity index (χ3n) is 21.6. The summed E-state index contributed by atoms with van der Waals surface area (Å²) in [5.41, 5.74) is 6.98. The molecule has 10 heteroatoms. The Hall–Kier alpha value is -5.74. The standard InChI is InChI=1S/C96H148N4O5S/c1-6-11-16-21-26-31-36-37-38-39-44-45-50-55-70-101-86-66-62-80-75-84(61-60-81(80)76-86)95-99-100-96(106-95)85-63-67-87-88(77-85)98-94(83-65-69-90(103-72-57-52-47-41-33-28-23-18-13-8-3)92(79-83)105-74-59-54-49-43-35-30-25-20-15-10-5)93(97-87)82-64-68-89(102-71-56-51-46-40-32-27-22-17-12-7-2)91(78-82)104-73-58-53-48-42-34-29-24-19-14-9-4/h60-69,75-79H,6-59,70-74H2,1-5H3. The molecule has 106 heavy (non-hydrogen) atoms. The minimum atomic E-state index is 0.632. The molecule has 0 saturated heterocycles. The highest BCUT2D eigenvalue weighted by Crippen LogP contribution is 2.42. The first-order valence-corrected chi connectivity index (χ1v) is 45.5. The molecule has 0 bridgehead atoms. The van der Waals surface area contributed by atoms with Crippen molar-refractivity contribution in [1.29, 1.82) is 0 Å². The average Bonchev–Trinajstić information content (AvgIpc) is 1.26. The molecule has 9 nitrogen and oxygen atoms in total. The van der Waals surface area contributed by atoms with E-state index in [4.69, 9.17) is 43.8 Å². The van der Waals surface area contributed by atoms with Gasteiger partial charge in [0.25, 0.3) is 0 Å². The molecular formula is C96H148N4O5S. The molecule has 0 radical (unpaired) electrons. The van der Waals surface area contributed by atoms with Gasteiger partial charge in [-0.3, -0.25) is 0 Å². The van der Waals surface area contributed by atoms with Gasteiger partial charge in [-0.1, -0.05) is 379 Å². The first-order valence-electron chi connectivity index (χ1n) is 44.6. The van der Waals surface area contributed by atoms with Crippen molar-refractivity contribution in [3.8, 4) is 72.4 Å². The fourth-order valence-electron chi connectivity index (χ4n) is 14.8. The number of hydrogen-bond donors (Lipinski definition) is 0. The summed E-state index contributed by atoms with van der Waals surface area (Å²) < 4.78 is 33.4. The van der Waals surface area contributed by atoms with E-state index < -0.39 is 0 Å². The van der Waals surface area contributed by atoms with Crippen LogP contribution in [-0.4, -0.2) is 53.2 Å². The van der Waals surface area contributed by atoms with E-state index in [1.165, 1.54) is 302 Å². The molecule has 2 aromatic heterocycles. The van der Waals surface area contributed by atoms with Gasteiger partial charge in [-0.25, -0.2) is 9.97 Å². The number of hydrogen-bond acceptors (Lipinski definition) is 10. The van der Waals surface area contributed by atoms with Crippen molar-refractivity contribution < 1.29 is 23.7 Å². The second-order valence-electron chi connectivity index (χ2n) is 31.1. The van der Waals surface area contributed by atoms with E-state index in [1.807, 2.05) is 0 Å². The number of unbranched alkanes of at least 4 members (excludes halogenated alkanes) is 49. The van der Waals surface area contributed by atoms with Gasteiger partial charge in [0.15, 0.2) is 23.0 Å². The number of rotatable bonds is 68. The highest BCUT2D eigenvalue weighted by atomic mass is 32.1. The van der Waals surface area contributed by atoms with Gasteiger partial charge in [-0.05, 0) is 116 Å². The van der Waals surface area contributed by atoms with Gasteiger partial charge in [-0.15, -0.1) is 10.2 Å². The fraction of sp³-hybridized carbons (Fsp3) is 0.667. The molecule has 588 valence electrons. The molecule has 0 N–H and O–H groups in total. The summed E-state index contributed by atoms with van der Waals surface area (Å²) in [7, 11) is 0. The molecule has 0 atom stereocenters. The van der Waals surface area contributed by atoms with E-state index in [0.29, 0.717) is 26.4 Å². The van der Waals surface area contributed by atoms with Crippen molar-refractivity contribution in [3.63, 3.8) is 0 Å². The molecule has 0 spiro atoms. The number of nitrogens with zero attached hydrogens (tertiary/aromatic N) is 4. The van der Waals surface area contributed by atoms with E-state index >= 15 is 0 Å². The zero-order valence-electron chi connectivity index (χ0n) is 68.1. The van der Waals surface area contributed by atoms with Gasteiger partial charge in [0.2, 0.25) is 0 Å². The van der Waals surface area contributed by atoms with Crippen molar-refractivity contribution in [2.24, 2.45) is 0 Å². The van der Waals surface area contributed by atoms with Gasteiger partial charge in [0.05, 0.1) is 55.5 Å². The van der Waals surface area contributed by atoms with Crippen LogP contribution in [0.5, 0.6) is 28.7 Å². The molecule has 5 aromatic carbocycles. The first-order chi connectivity index (χ1) is 52.5. The summed E-state index contributed by atoms with van der Waals surface area (Å²) in [6.45, 7) is 14.8. The largest absolute Gasteiger partial charge is 0.494 e. The highest BCUT2D eigenvalue weighted by molar-refractivity contribution is 7.17. The number of aromatic nitrogens is 4. The van der Waals surface area contributed by atoms with Crippen LogP contribution in [0.25, 0.3) is 65.5 Å². The quantitative estimate of drug-likeness (QED) is 0.0345. The summed E-state index contributed by atoms with van der Waals surface area (Å²) in [6, 6.07) is 32.3. The second kappa shape index (κ2) is 57.4. The zero-order valence-corrected chi connectivity index (χ0v) is 68.9. The fourth-order valence-corrected chi connectivity index (χ4v) is 15.7. The maximum Gasteiger partial charge on any atom is 0.161 e. The predicted octanol–water partition coefficient (Wildman–Crippen LogP) is 31.4. The lowest BCUT2D eigenvalue weighted by atomic mass is 10.0. The highest BCUT2D eigenvalue weighted by Gasteiger charge is 2.21. The summed E-state index contributed by atoms with van der Waals surface area (Å²) in [6.07, 6.45) is 70.2. The van der Waals surface area contributed by atoms with Crippen LogP contribution in [0.1, 0.15) is 381 Å². The summed E-state index contributed by atoms with van der Waals surface area (Å²) >= 11 is 1.61. The Labute approximate surface area is 650 Å². The van der Waals surface area contributed by atoms with Crippen LogP contribution in [0.4, 0.5) is 0 Å². The van der Waals surface area contributed by atoms with Crippen molar-refractivity contribution in [1.82, 2.24) is 20.2 Å². The van der Waals surface area contributed by atoms with Crippen LogP contribution >= 0.6 is 11.3 Å². The van der Waals surface area contributed by atoms with Crippen molar-refractivity contribution >= 4 is 33.1 Å². The maximum absolute atomic E-state index is 6.85. The maximum atomic E-state index is 6.85. The van der Waals surface area contributed by atoms with Crippen molar-refractivity contribution in [2.75, 3.05) is 33.0 Å². The summed E-state index contributed by atoms with van der Waals surface area (Å²) in [5.74, 6) is 4.05.